The average molecular weight is 571 g/mol. The molecule has 1 N–H and O–H groups in total. The van der Waals surface area contributed by atoms with Crippen LogP contribution in [0.4, 0.5) is 16.2 Å². The van der Waals surface area contributed by atoms with Crippen molar-refractivity contribution in [2.45, 2.75) is 119 Å². The van der Waals surface area contributed by atoms with Gasteiger partial charge in [0, 0.05) is 53.8 Å². The van der Waals surface area contributed by atoms with Crippen LogP contribution >= 0.6 is 0 Å². The summed E-state index contributed by atoms with van der Waals surface area (Å²) in [6.07, 6.45) is 14.6. The van der Waals surface area contributed by atoms with Crippen LogP contribution < -0.4 is 9.80 Å². The van der Waals surface area contributed by atoms with Crippen molar-refractivity contribution in [2.24, 2.45) is 5.92 Å². The molecule has 0 saturated heterocycles. The molecule has 8 rings (SSSR count). The third-order valence-corrected chi connectivity index (χ3v) is 12.1. The number of carbonyl (C=O) groups excluding carboxylic acids is 1. The highest BCUT2D eigenvalue weighted by Crippen LogP contribution is 2.69. The zero-order chi connectivity index (χ0) is 28.4. The van der Waals surface area contributed by atoms with Gasteiger partial charge in [-0.15, -0.1) is 0 Å². The topological polar surface area (TPSA) is 62.2 Å². The minimum absolute atomic E-state index is 0.0949. The number of ether oxygens (including phenoxy) is 2. The molecule has 0 aromatic heterocycles. The van der Waals surface area contributed by atoms with Gasteiger partial charge in [0.2, 0.25) is 0 Å². The summed E-state index contributed by atoms with van der Waals surface area (Å²) < 4.78 is 11.0. The van der Waals surface area contributed by atoms with Gasteiger partial charge in [-0.3, -0.25) is 0 Å². The Kier molecular flexibility index (Phi) is 6.69. The van der Waals surface area contributed by atoms with E-state index >= 15 is 0 Å². The Morgan fingerprint density at radius 2 is 1.43 bits per heavy atom. The van der Waals surface area contributed by atoms with E-state index in [4.69, 9.17) is 9.47 Å². The van der Waals surface area contributed by atoms with Gasteiger partial charge in [-0.1, -0.05) is 62.8 Å². The minimum Gasteiger partial charge on any atom is -0.438 e. The van der Waals surface area contributed by atoms with Crippen molar-refractivity contribution in [3.8, 4) is 0 Å². The fourth-order valence-corrected chi connectivity index (χ4v) is 9.91. The number of methoxy groups -OCH3 is 1. The van der Waals surface area contributed by atoms with E-state index in [0.29, 0.717) is 12.1 Å². The lowest BCUT2D eigenvalue weighted by atomic mass is 9.82. The second-order valence-corrected chi connectivity index (χ2v) is 14.1. The molecular formula is C36H46N2O4. The summed E-state index contributed by atoms with van der Waals surface area (Å²) in [5, 5.41) is 12.2. The Labute approximate surface area is 250 Å². The van der Waals surface area contributed by atoms with E-state index in [-0.39, 0.29) is 17.3 Å². The van der Waals surface area contributed by atoms with Crippen LogP contribution in [0.5, 0.6) is 0 Å². The first-order valence-corrected chi connectivity index (χ1v) is 16.8. The van der Waals surface area contributed by atoms with E-state index in [1.165, 1.54) is 99.4 Å². The van der Waals surface area contributed by atoms with E-state index in [1.807, 2.05) is 0 Å². The zero-order valence-corrected chi connectivity index (χ0v) is 25.1. The van der Waals surface area contributed by atoms with Gasteiger partial charge < -0.3 is 24.4 Å². The first-order chi connectivity index (χ1) is 20.6. The molecule has 2 heterocycles. The standard InChI is InChI=1S/C36H46N2O4/c1-41-35(40)42-33-29-22-36(29,26-13-15-31-24(21-26)17-19-38(31)28-10-6-3-7-11-28)34(39)32(33)25-12-14-30-23(20-25)16-18-37(30)27-8-4-2-5-9-27/h12-15,20-21,27-29,32-34,39H,2-11,16-19,22H2,1H3/t29-,32?,33?,34?,36?/m0/s1. The lowest BCUT2D eigenvalue weighted by molar-refractivity contribution is 0.0107. The average Bonchev–Trinajstić information content (AvgIpc) is 3.31. The van der Waals surface area contributed by atoms with Gasteiger partial charge in [0.15, 0.2) is 0 Å². The molecule has 4 fully saturated rings. The van der Waals surface area contributed by atoms with Gasteiger partial charge in [0.25, 0.3) is 0 Å². The third kappa shape index (κ3) is 4.18. The molecule has 42 heavy (non-hydrogen) atoms. The van der Waals surface area contributed by atoms with E-state index in [2.05, 4.69) is 46.2 Å². The van der Waals surface area contributed by atoms with Crippen molar-refractivity contribution in [1.82, 2.24) is 0 Å². The van der Waals surface area contributed by atoms with Crippen molar-refractivity contribution in [1.29, 1.82) is 0 Å². The van der Waals surface area contributed by atoms with Crippen LogP contribution in [0.25, 0.3) is 0 Å². The number of aliphatic hydroxyl groups excluding tert-OH is 1. The maximum absolute atomic E-state index is 12.5. The molecule has 2 aliphatic heterocycles. The molecule has 2 aromatic carbocycles. The molecule has 0 spiro atoms. The lowest BCUT2D eigenvalue weighted by Crippen LogP contribution is -2.35. The lowest BCUT2D eigenvalue weighted by Gasteiger charge is -2.34. The Balaban J connectivity index is 1.09. The summed E-state index contributed by atoms with van der Waals surface area (Å²) in [6, 6.07) is 15.1. The molecule has 224 valence electrons. The van der Waals surface area contributed by atoms with Crippen LogP contribution in [0.3, 0.4) is 0 Å². The van der Waals surface area contributed by atoms with Gasteiger partial charge >= 0.3 is 6.16 Å². The maximum atomic E-state index is 12.5. The summed E-state index contributed by atoms with van der Waals surface area (Å²) in [5.74, 6) is -0.165. The molecule has 6 aliphatic rings. The predicted molar refractivity (Wildman–Crippen MR) is 165 cm³/mol. The van der Waals surface area contributed by atoms with E-state index in [0.717, 1.165) is 37.9 Å². The molecule has 0 bridgehead atoms. The number of hydrogen-bond acceptors (Lipinski definition) is 6. The van der Waals surface area contributed by atoms with Crippen LogP contribution in [0.2, 0.25) is 0 Å². The van der Waals surface area contributed by atoms with Crippen LogP contribution in [0.1, 0.15) is 98.8 Å². The van der Waals surface area contributed by atoms with Gasteiger partial charge in [0.05, 0.1) is 13.2 Å². The second kappa shape index (κ2) is 10.5. The Morgan fingerprint density at radius 1 is 0.833 bits per heavy atom. The van der Waals surface area contributed by atoms with E-state index in [1.54, 1.807) is 0 Å². The summed E-state index contributed by atoms with van der Waals surface area (Å²) >= 11 is 0. The number of hydrogen-bond donors (Lipinski definition) is 1. The molecule has 4 saturated carbocycles. The Morgan fingerprint density at radius 3 is 2.05 bits per heavy atom. The second-order valence-electron chi connectivity index (χ2n) is 14.1. The first-order valence-electron chi connectivity index (χ1n) is 16.8. The predicted octanol–water partition coefficient (Wildman–Crippen LogP) is 6.64. The zero-order valence-electron chi connectivity index (χ0n) is 25.1. The molecule has 4 unspecified atom stereocenters. The molecule has 0 radical (unpaired) electrons. The van der Waals surface area contributed by atoms with Gasteiger partial charge in [0.1, 0.15) is 6.10 Å². The van der Waals surface area contributed by atoms with E-state index < -0.39 is 18.4 Å². The van der Waals surface area contributed by atoms with Crippen LogP contribution in [-0.4, -0.2) is 55.8 Å². The first kappa shape index (κ1) is 26.9. The van der Waals surface area contributed by atoms with Crippen molar-refractivity contribution >= 4 is 17.5 Å². The number of anilines is 2. The van der Waals surface area contributed by atoms with Gasteiger partial charge in [-0.05, 0) is 79.3 Å². The quantitative estimate of drug-likeness (QED) is 0.407. The number of benzene rings is 2. The minimum atomic E-state index is -0.651. The normalized spacial score (nSPS) is 32.4. The molecular weight excluding hydrogens is 524 g/mol. The van der Waals surface area contributed by atoms with Crippen molar-refractivity contribution in [3.63, 3.8) is 0 Å². The fourth-order valence-electron chi connectivity index (χ4n) is 9.91. The molecule has 0 amide bonds. The van der Waals surface area contributed by atoms with Gasteiger partial charge in [-0.2, -0.15) is 0 Å². The van der Waals surface area contributed by atoms with Gasteiger partial charge in [-0.25, -0.2) is 4.79 Å². The molecule has 2 aromatic rings. The van der Waals surface area contributed by atoms with Crippen molar-refractivity contribution in [3.05, 3.63) is 58.7 Å². The highest BCUT2D eigenvalue weighted by Gasteiger charge is 2.73. The van der Waals surface area contributed by atoms with Crippen molar-refractivity contribution in [2.75, 3.05) is 30.0 Å². The molecule has 4 aliphatic carbocycles. The Hall–Kier alpha value is -2.73. The smallest absolute Gasteiger partial charge is 0.438 e. The Bertz CT molecular complexity index is 1350. The molecule has 5 atom stereocenters. The largest absolute Gasteiger partial charge is 0.508 e. The fraction of sp³-hybridized carbons (Fsp3) is 0.639. The third-order valence-electron chi connectivity index (χ3n) is 12.1. The highest BCUT2D eigenvalue weighted by molar-refractivity contribution is 5.65. The van der Waals surface area contributed by atoms with Crippen LogP contribution in [0.15, 0.2) is 36.4 Å². The summed E-state index contributed by atoms with van der Waals surface area (Å²) in [5.41, 5.74) is 7.49. The van der Waals surface area contributed by atoms with Crippen LogP contribution in [0, 0.1) is 5.92 Å². The van der Waals surface area contributed by atoms with Crippen molar-refractivity contribution < 1.29 is 19.4 Å². The monoisotopic (exact) mass is 570 g/mol. The number of rotatable bonds is 5. The number of nitrogens with zero attached hydrogens (tertiary/aromatic N) is 2. The molecule has 6 heteroatoms. The number of aliphatic hydroxyl groups is 1. The van der Waals surface area contributed by atoms with E-state index in [9.17, 15) is 9.90 Å². The summed E-state index contributed by atoms with van der Waals surface area (Å²) in [4.78, 5) is 17.7. The highest BCUT2D eigenvalue weighted by atomic mass is 16.7. The summed E-state index contributed by atoms with van der Waals surface area (Å²) in [6.45, 7) is 2.18. The SMILES string of the molecule is COC(=O)OC1C(c2ccc3c(c2)CCN3C2CCCCC2)C(O)C2(c3ccc4c(c3)CCN4C3CCCCC3)C[C@@H]12. The maximum Gasteiger partial charge on any atom is 0.508 e. The number of carbonyl (C=O) groups is 1. The summed E-state index contributed by atoms with van der Waals surface area (Å²) in [7, 11) is 1.37. The molecule has 6 nitrogen and oxygen atoms in total. The number of fused-ring (bicyclic) bond motifs is 3. The van der Waals surface area contributed by atoms with Crippen LogP contribution in [-0.2, 0) is 27.7 Å².